The number of benzene rings is 1. The fraction of sp³-hybridized carbons (Fsp3) is 0.182. The number of nitrogens with two attached hydrogens (primary N) is 1. The van der Waals surface area contributed by atoms with E-state index in [0.717, 1.165) is 10.0 Å². The predicted molar refractivity (Wildman–Crippen MR) is 69.7 cm³/mol. The summed E-state index contributed by atoms with van der Waals surface area (Å²) in [6, 6.07) is 5.02. The van der Waals surface area contributed by atoms with E-state index in [1.807, 2.05) is 0 Å². The van der Waals surface area contributed by atoms with Gasteiger partial charge >= 0.3 is 0 Å². The summed E-state index contributed by atoms with van der Waals surface area (Å²) in [5.74, 6) is -0.477. The van der Waals surface area contributed by atoms with Crippen molar-refractivity contribution >= 4 is 33.4 Å². The predicted octanol–water partition coefficient (Wildman–Crippen LogP) is 2.44. The number of carbonyl (C=O) groups is 1. The molecule has 0 aliphatic heterocycles. The second kappa shape index (κ2) is 6.03. The fourth-order valence-electron chi connectivity index (χ4n) is 1.18. The summed E-state index contributed by atoms with van der Waals surface area (Å²) in [6.07, 6.45) is 0. The van der Waals surface area contributed by atoms with Crippen LogP contribution in [0.15, 0.2) is 29.3 Å². The van der Waals surface area contributed by atoms with Crippen LogP contribution in [0.3, 0.4) is 0 Å². The smallest absolute Gasteiger partial charge is 0.248 e. The molecule has 0 aromatic heterocycles. The van der Waals surface area contributed by atoms with Crippen LogP contribution < -0.4 is 11.1 Å². The van der Waals surface area contributed by atoms with Crippen molar-refractivity contribution in [2.75, 3.05) is 6.54 Å². The zero-order chi connectivity index (χ0) is 12.1. The molecule has 1 rings (SSSR count). The van der Waals surface area contributed by atoms with Gasteiger partial charge in [0.25, 0.3) is 0 Å². The summed E-state index contributed by atoms with van der Waals surface area (Å²) >= 11 is 9.25. The average Bonchev–Trinajstić information content (AvgIpc) is 2.19. The summed E-state index contributed by atoms with van der Waals surface area (Å²) in [4.78, 5) is 10.9. The number of amides is 1. The molecule has 1 aromatic carbocycles. The fourth-order valence-corrected chi connectivity index (χ4v) is 1.62. The molecule has 0 bridgehead atoms. The third-order valence-electron chi connectivity index (χ3n) is 1.97. The van der Waals surface area contributed by atoms with Crippen molar-refractivity contribution < 1.29 is 4.79 Å². The van der Waals surface area contributed by atoms with Crippen LogP contribution in [0.2, 0.25) is 5.02 Å². The number of hydrogen-bond acceptors (Lipinski definition) is 2. The van der Waals surface area contributed by atoms with Crippen molar-refractivity contribution in [3.8, 4) is 0 Å². The van der Waals surface area contributed by atoms with E-state index in [2.05, 4.69) is 27.8 Å². The van der Waals surface area contributed by atoms with Gasteiger partial charge in [-0.05, 0) is 17.7 Å². The SMILES string of the molecule is C=C(Br)CNCc1ccc(C(N)=O)cc1Cl. The van der Waals surface area contributed by atoms with Crippen molar-refractivity contribution in [2.24, 2.45) is 5.73 Å². The van der Waals surface area contributed by atoms with Gasteiger partial charge in [0.2, 0.25) is 5.91 Å². The van der Waals surface area contributed by atoms with Gasteiger partial charge in [-0.25, -0.2) is 0 Å². The standard InChI is InChI=1S/C11H12BrClN2O/c1-7(12)5-15-6-9-3-2-8(11(14)16)4-10(9)13/h2-4,15H,1,5-6H2,(H2,14,16). The summed E-state index contributed by atoms with van der Waals surface area (Å²) < 4.78 is 0.873. The van der Waals surface area contributed by atoms with E-state index < -0.39 is 5.91 Å². The van der Waals surface area contributed by atoms with E-state index in [9.17, 15) is 4.79 Å². The Morgan fingerprint density at radius 1 is 1.56 bits per heavy atom. The summed E-state index contributed by atoms with van der Waals surface area (Å²) in [7, 11) is 0. The largest absolute Gasteiger partial charge is 0.366 e. The van der Waals surface area contributed by atoms with Gasteiger partial charge in [0.15, 0.2) is 0 Å². The lowest BCUT2D eigenvalue weighted by atomic mass is 10.1. The van der Waals surface area contributed by atoms with Crippen LogP contribution in [-0.2, 0) is 6.54 Å². The number of carbonyl (C=O) groups excluding carboxylic acids is 1. The van der Waals surface area contributed by atoms with E-state index in [-0.39, 0.29) is 0 Å². The molecule has 0 saturated carbocycles. The summed E-state index contributed by atoms with van der Waals surface area (Å²) in [5, 5.41) is 3.68. The molecule has 1 amide bonds. The molecule has 0 aliphatic carbocycles. The topological polar surface area (TPSA) is 55.1 Å². The highest BCUT2D eigenvalue weighted by Crippen LogP contribution is 2.17. The molecular weight excluding hydrogens is 291 g/mol. The first-order valence-corrected chi connectivity index (χ1v) is 5.80. The number of primary amides is 1. The highest BCUT2D eigenvalue weighted by molar-refractivity contribution is 9.11. The minimum absolute atomic E-state index is 0.415. The second-order valence-electron chi connectivity index (χ2n) is 3.29. The quantitative estimate of drug-likeness (QED) is 0.878. The number of nitrogens with one attached hydrogen (secondary N) is 1. The monoisotopic (exact) mass is 302 g/mol. The van der Waals surface area contributed by atoms with Crippen LogP contribution in [0.25, 0.3) is 0 Å². The minimum atomic E-state index is -0.477. The Morgan fingerprint density at radius 2 is 2.25 bits per heavy atom. The maximum Gasteiger partial charge on any atom is 0.248 e. The zero-order valence-corrected chi connectivity index (χ0v) is 10.9. The van der Waals surface area contributed by atoms with Crippen molar-refractivity contribution in [1.29, 1.82) is 0 Å². The molecule has 0 saturated heterocycles. The summed E-state index contributed by atoms with van der Waals surface area (Å²) in [5.41, 5.74) is 6.47. The van der Waals surface area contributed by atoms with Crippen LogP contribution >= 0.6 is 27.5 Å². The maximum absolute atomic E-state index is 10.9. The first kappa shape index (κ1) is 13.2. The van der Waals surface area contributed by atoms with E-state index >= 15 is 0 Å². The van der Waals surface area contributed by atoms with Gasteiger partial charge in [-0.2, -0.15) is 0 Å². The molecule has 0 unspecified atom stereocenters. The van der Waals surface area contributed by atoms with Crippen molar-refractivity contribution in [3.63, 3.8) is 0 Å². The summed E-state index contributed by atoms with van der Waals surface area (Å²) in [6.45, 7) is 4.98. The Bertz CT molecular complexity index is 420. The molecule has 5 heteroatoms. The maximum atomic E-state index is 10.9. The number of rotatable bonds is 5. The van der Waals surface area contributed by atoms with Gasteiger partial charge in [-0.1, -0.05) is 40.2 Å². The molecular formula is C11H12BrClN2O. The van der Waals surface area contributed by atoms with E-state index in [1.54, 1.807) is 18.2 Å². The molecule has 0 radical (unpaired) electrons. The second-order valence-corrected chi connectivity index (χ2v) is 4.82. The average molecular weight is 304 g/mol. The molecule has 0 heterocycles. The Hall–Kier alpha value is -0.840. The zero-order valence-electron chi connectivity index (χ0n) is 8.59. The van der Waals surface area contributed by atoms with Crippen molar-refractivity contribution in [1.82, 2.24) is 5.32 Å². The van der Waals surface area contributed by atoms with Crippen LogP contribution in [0.1, 0.15) is 15.9 Å². The lowest BCUT2D eigenvalue weighted by Gasteiger charge is -2.07. The normalized spacial score (nSPS) is 10.1. The highest BCUT2D eigenvalue weighted by Gasteiger charge is 2.05. The van der Waals surface area contributed by atoms with Gasteiger partial charge in [-0.3, -0.25) is 4.79 Å². The lowest BCUT2D eigenvalue weighted by Crippen LogP contribution is -2.15. The Kier molecular flexibility index (Phi) is 4.99. The minimum Gasteiger partial charge on any atom is -0.366 e. The van der Waals surface area contributed by atoms with E-state index in [0.29, 0.717) is 23.7 Å². The van der Waals surface area contributed by atoms with Crippen LogP contribution in [-0.4, -0.2) is 12.5 Å². The van der Waals surface area contributed by atoms with Gasteiger partial charge in [0.1, 0.15) is 0 Å². The van der Waals surface area contributed by atoms with Gasteiger partial charge in [0, 0.05) is 28.2 Å². The molecule has 3 N–H and O–H groups in total. The van der Waals surface area contributed by atoms with Crippen LogP contribution in [0.5, 0.6) is 0 Å². The number of halogens is 2. The molecule has 86 valence electrons. The third kappa shape index (κ3) is 3.96. The van der Waals surface area contributed by atoms with Gasteiger partial charge in [-0.15, -0.1) is 0 Å². The van der Waals surface area contributed by atoms with E-state index in [1.165, 1.54) is 0 Å². The Balaban J connectivity index is 2.68. The Labute approximate surface area is 108 Å². The molecule has 0 fully saturated rings. The van der Waals surface area contributed by atoms with Crippen molar-refractivity contribution in [3.05, 3.63) is 45.4 Å². The third-order valence-corrected chi connectivity index (χ3v) is 2.60. The van der Waals surface area contributed by atoms with Crippen LogP contribution in [0, 0.1) is 0 Å². The molecule has 0 spiro atoms. The van der Waals surface area contributed by atoms with Crippen LogP contribution in [0.4, 0.5) is 0 Å². The highest BCUT2D eigenvalue weighted by atomic mass is 79.9. The van der Waals surface area contributed by atoms with E-state index in [4.69, 9.17) is 17.3 Å². The first-order chi connectivity index (χ1) is 7.50. The lowest BCUT2D eigenvalue weighted by molar-refractivity contribution is 0.100. The van der Waals surface area contributed by atoms with Gasteiger partial charge < -0.3 is 11.1 Å². The molecule has 0 aliphatic rings. The molecule has 1 aromatic rings. The molecule has 3 nitrogen and oxygen atoms in total. The molecule has 16 heavy (non-hydrogen) atoms. The number of hydrogen-bond donors (Lipinski definition) is 2. The van der Waals surface area contributed by atoms with Gasteiger partial charge in [0.05, 0.1) is 0 Å². The Morgan fingerprint density at radius 3 is 2.75 bits per heavy atom. The molecule has 0 atom stereocenters. The van der Waals surface area contributed by atoms with Crippen molar-refractivity contribution in [2.45, 2.75) is 6.54 Å². The first-order valence-electron chi connectivity index (χ1n) is 4.63.